The van der Waals surface area contributed by atoms with Crippen LogP contribution >= 0.6 is 0 Å². The molecule has 0 atom stereocenters. The highest BCUT2D eigenvalue weighted by molar-refractivity contribution is 5.92. The molecule has 0 aliphatic carbocycles. The second-order valence-corrected chi connectivity index (χ2v) is 5.26. The first-order chi connectivity index (χ1) is 12.2. The van der Waals surface area contributed by atoms with Crippen LogP contribution in [-0.2, 0) is 6.18 Å². The van der Waals surface area contributed by atoms with Gasteiger partial charge >= 0.3 is 6.18 Å². The molecule has 1 aromatic carbocycles. The zero-order valence-corrected chi connectivity index (χ0v) is 13.1. The van der Waals surface area contributed by atoms with Crippen LogP contribution in [0.4, 0.5) is 17.6 Å². The van der Waals surface area contributed by atoms with Gasteiger partial charge in [-0.1, -0.05) is 0 Å². The molecule has 0 saturated heterocycles. The van der Waals surface area contributed by atoms with Crippen molar-refractivity contribution >= 4 is 17.0 Å². The summed E-state index contributed by atoms with van der Waals surface area (Å²) < 4.78 is 58.5. The number of aromatic nitrogens is 2. The van der Waals surface area contributed by atoms with Gasteiger partial charge in [-0.25, -0.2) is 14.4 Å². The molecule has 0 radical (unpaired) electrons. The van der Waals surface area contributed by atoms with E-state index in [1.165, 1.54) is 31.4 Å². The van der Waals surface area contributed by atoms with Crippen LogP contribution in [0.2, 0.25) is 0 Å². The maximum Gasteiger partial charge on any atom is 0.434 e. The Kier molecular flexibility index (Phi) is 4.23. The molecular formula is C17H9F4N2O3-. The maximum absolute atomic E-state index is 14.3. The maximum atomic E-state index is 14.3. The van der Waals surface area contributed by atoms with E-state index in [0.29, 0.717) is 17.4 Å². The van der Waals surface area contributed by atoms with E-state index in [0.717, 1.165) is 6.07 Å². The number of halogens is 4. The normalized spacial score (nSPS) is 11.6. The van der Waals surface area contributed by atoms with Crippen LogP contribution in [0.3, 0.4) is 0 Å². The zero-order valence-electron chi connectivity index (χ0n) is 13.1. The molecule has 0 aliphatic rings. The van der Waals surface area contributed by atoms with Crippen LogP contribution in [-0.4, -0.2) is 23.0 Å². The largest absolute Gasteiger partial charge is 0.545 e. The summed E-state index contributed by atoms with van der Waals surface area (Å²) >= 11 is 0. The minimum absolute atomic E-state index is 0.188. The number of hydrogen-bond donors (Lipinski definition) is 0. The molecule has 5 nitrogen and oxygen atoms in total. The first-order valence-corrected chi connectivity index (χ1v) is 7.15. The molecule has 0 aliphatic heterocycles. The quantitative estimate of drug-likeness (QED) is 0.667. The number of carboxylic acid groups (broad SMARTS) is 1. The number of methoxy groups -OCH3 is 1. The van der Waals surface area contributed by atoms with Gasteiger partial charge in [0.1, 0.15) is 17.3 Å². The van der Waals surface area contributed by atoms with Crippen molar-refractivity contribution in [3.05, 3.63) is 53.5 Å². The number of alkyl halides is 3. The third kappa shape index (κ3) is 3.15. The third-order valence-electron chi connectivity index (χ3n) is 3.61. The summed E-state index contributed by atoms with van der Waals surface area (Å²) in [4.78, 5) is 18.1. The number of ether oxygens (including phenoxy) is 1. The van der Waals surface area contributed by atoms with Gasteiger partial charge in [0.25, 0.3) is 0 Å². The molecule has 2 aromatic heterocycles. The highest BCUT2D eigenvalue weighted by atomic mass is 19.4. The summed E-state index contributed by atoms with van der Waals surface area (Å²) in [6.07, 6.45) is -5.03. The summed E-state index contributed by atoms with van der Waals surface area (Å²) in [5.41, 5.74) is -3.19. The number of fused-ring (bicyclic) bond motifs is 1. The Morgan fingerprint density at radius 3 is 2.31 bits per heavy atom. The SMILES string of the molecule is COc1ccc(-c2nc3nc(C(F)(F)F)c(C(=O)[O-])cc3cc2F)cc1. The fourth-order valence-electron chi connectivity index (χ4n) is 2.40. The van der Waals surface area contributed by atoms with Crippen LogP contribution < -0.4 is 9.84 Å². The summed E-state index contributed by atoms with van der Waals surface area (Å²) in [5.74, 6) is -2.40. The highest BCUT2D eigenvalue weighted by Crippen LogP contribution is 2.33. The second kappa shape index (κ2) is 6.25. The van der Waals surface area contributed by atoms with Crippen molar-refractivity contribution in [3.63, 3.8) is 0 Å². The molecule has 3 rings (SSSR count). The Labute approximate surface area is 143 Å². The van der Waals surface area contributed by atoms with Crippen molar-refractivity contribution in [2.75, 3.05) is 7.11 Å². The van der Waals surface area contributed by atoms with Gasteiger partial charge in [-0.15, -0.1) is 0 Å². The number of pyridine rings is 2. The number of carbonyl (C=O) groups is 1. The van der Waals surface area contributed by atoms with Gasteiger partial charge < -0.3 is 14.6 Å². The first-order valence-electron chi connectivity index (χ1n) is 7.15. The van der Waals surface area contributed by atoms with Crippen molar-refractivity contribution in [3.8, 4) is 17.0 Å². The van der Waals surface area contributed by atoms with Crippen LogP contribution in [0, 0.1) is 5.82 Å². The first kappa shape index (κ1) is 17.6. The van der Waals surface area contributed by atoms with E-state index in [9.17, 15) is 27.5 Å². The van der Waals surface area contributed by atoms with Crippen LogP contribution in [0.15, 0.2) is 36.4 Å². The van der Waals surface area contributed by atoms with Crippen molar-refractivity contribution < 1.29 is 32.2 Å². The van der Waals surface area contributed by atoms with Crippen LogP contribution in [0.25, 0.3) is 22.3 Å². The van der Waals surface area contributed by atoms with E-state index in [1.807, 2.05) is 0 Å². The summed E-state index contributed by atoms with van der Waals surface area (Å²) in [6, 6.07) is 7.56. The fraction of sp³-hybridized carbons (Fsp3) is 0.118. The number of nitrogens with zero attached hydrogens (tertiary/aromatic N) is 2. The van der Waals surface area contributed by atoms with Gasteiger partial charge in [-0.05, 0) is 36.4 Å². The van der Waals surface area contributed by atoms with Gasteiger partial charge in [0.05, 0.1) is 13.1 Å². The van der Waals surface area contributed by atoms with Gasteiger partial charge in [0.15, 0.2) is 11.3 Å². The molecule has 0 bridgehead atoms. The Morgan fingerprint density at radius 2 is 1.77 bits per heavy atom. The number of hydrogen-bond acceptors (Lipinski definition) is 5. The van der Waals surface area contributed by atoms with E-state index in [-0.39, 0.29) is 11.1 Å². The Hall–Kier alpha value is -3.23. The average Bonchev–Trinajstić information content (AvgIpc) is 2.59. The van der Waals surface area contributed by atoms with E-state index in [1.54, 1.807) is 0 Å². The van der Waals surface area contributed by atoms with E-state index in [2.05, 4.69) is 9.97 Å². The molecule has 0 saturated carbocycles. The number of benzene rings is 1. The standard InChI is InChI=1S/C17H10F4N2O3/c1-26-10-4-2-8(3-5-10)13-12(18)7-9-6-11(16(24)25)14(17(19,20)21)23-15(9)22-13/h2-7H,1H3,(H,24,25)/p-1. The zero-order chi connectivity index (χ0) is 19.1. The minimum atomic E-state index is -5.03. The Morgan fingerprint density at radius 1 is 1.12 bits per heavy atom. The topological polar surface area (TPSA) is 75.1 Å². The smallest absolute Gasteiger partial charge is 0.434 e. The lowest BCUT2D eigenvalue weighted by atomic mass is 10.1. The van der Waals surface area contributed by atoms with Crippen molar-refractivity contribution in [1.82, 2.24) is 9.97 Å². The lowest BCUT2D eigenvalue weighted by Gasteiger charge is -2.14. The number of carboxylic acids is 1. The minimum Gasteiger partial charge on any atom is -0.545 e. The van der Waals surface area contributed by atoms with Crippen LogP contribution in [0.1, 0.15) is 16.1 Å². The number of carbonyl (C=O) groups excluding carboxylic acids is 1. The summed E-state index contributed by atoms with van der Waals surface area (Å²) in [5, 5.41) is 10.8. The molecule has 2 heterocycles. The fourth-order valence-corrected chi connectivity index (χ4v) is 2.40. The molecule has 9 heteroatoms. The predicted octanol–water partition coefficient (Wildman–Crippen LogP) is 2.83. The van der Waals surface area contributed by atoms with Crippen LogP contribution in [0.5, 0.6) is 5.75 Å². The second-order valence-electron chi connectivity index (χ2n) is 5.26. The van der Waals surface area contributed by atoms with E-state index < -0.39 is 34.9 Å². The van der Waals surface area contributed by atoms with Gasteiger partial charge in [0.2, 0.25) is 0 Å². The molecule has 0 fully saturated rings. The van der Waals surface area contributed by atoms with Crippen molar-refractivity contribution in [1.29, 1.82) is 0 Å². The third-order valence-corrected chi connectivity index (χ3v) is 3.61. The van der Waals surface area contributed by atoms with E-state index >= 15 is 0 Å². The number of rotatable bonds is 3. The van der Waals surface area contributed by atoms with Crippen molar-refractivity contribution in [2.24, 2.45) is 0 Å². The number of aromatic carboxylic acids is 1. The molecule has 0 spiro atoms. The van der Waals surface area contributed by atoms with E-state index in [4.69, 9.17) is 4.74 Å². The van der Waals surface area contributed by atoms with Gasteiger partial charge in [-0.2, -0.15) is 13.2 Å². The summed E-state index contributed by atoms with van der Waals surface area (Å²) in [7, 11) is 1.45. The lowest BCUT2D eigenvalue weighted by molar-refractivity contribution is -0.255. The lowest BCUT2D eigenvalue weighted by Crippen LogP contribution is -2.27. The highest BCUT2D eigenvalue weighted by Gasteiger charge is 2.36. The molecule has 3 aromatic rings. The van der Waals surface area contributed by atoms with Gasteiger partial charge in [0, 0.05) is 16.5 Å². The van der Waals surface area contributed by atoms with Gasteiger partial charge in [-0.3, -0.25) is 0 Å². The molecule has 0 N–H and O–H groups in total. The monoisotopic (exact) mass is 365 g/mol. The molecular weight excluding hydrogens is 356 g/mol. The molecule has 0 amide bonds. The molecule has 134 valence electrons. The average molecular weight is 365 g/mol. The molecule has 26 heavy (non-hydrogen) atoms. The Bertz CT molecular complexity index is 1000. The predicted molar refractivity (Wildman–Crippen MR) is 80.8 cm³/mol. The summed E-state index contributed by atoms with van der Waals surface area (Å²) in [6.45, 7) is 0. The van der Waals surface area contributed by atoms with Crippen molar-refractivity contribution in [2.45, 2.75) is 6.18 Å². The Balaban J connectivity index is 2.23. The molecule has 0 unspecified atom stereocenters.